The van der Waals surface area contributed by atoms with Gasteiger partial charge in [-0.15, -0.1) is 0 Å². The van der Waals surface area contributed by atoms with E-state index in [1.54, 1.807) is 0 Å². The zero-order valence-corrected chi connectivity index (χ0v) is 14.9. The first-order valence-corrected chi connectivity index (χ1v) is 8.39. The Labute approximate surface area is 155 Å². The SMILES string of the molecule is CC(C)CCNC(=O)c1cc(C(=O)Nc2cccc(C(F)(F)F)c2)ccn1. The van der Waals surface area contributed by atoms with Gasteiger partial charge < -0.3 is 10.6 Å². The lowest BCUT2D eigenvalue weighted by Gasteiger charge is -2.10. The minimum atomic E-state index is -4.50. The van der Waals surface area contributed by atoms with Crippen LogP contribution in [0.25, 0.3) is 0 Å². The van der Waals surface area contributed by atoms with Crippen molar-refractivity contribution < 1.29 is 22.8 Å². The molecular formula is C19H20F3N3O2. The number of hydrogen-bond donors (Lipinski definition) is 2. The van der Waals surface area contributed by atoms with Gasteiger partial charge in [0.25, 0.3) is 11.8 Å². The van der Waals surface area contributed by atoms with Crippen LogP contribution in [0, 0.1) is 5.92 Å². The fourth-order valence-corrected chi connectivity index (χ4v) is 2.24. The molecule has 2 N–H and O–H groups in total. The maximum atomic E-state index is 12.8. The van der Waals surface area contributed by atoms with E-state index in [2.05, 4.69) is 15.6 Å². The molecule has 2 aromatic rings. The van der Waals surface area contributed by atoms with Crippen molar-refractivity contribution in [3.05, 3.63) is 59.4 Å². The number of hydrogen-bond acceptors (Lipinski definition) is 3. The molecule has 2 rings (SSSR count). The van der Waals surface area contributed by atoms with Crippen molar-refractivity contribution in [2.24, 2.45) is 5.92 Å². The van der Waals surface area contributed by atoms with E-state index in [4.69, 9.17) is 0 Å². The second-order valence-electron chi connectivity index (χ2n) is 6.40. The maximum Gasteiger partial charge on any atom is 0.416 e. The van der Waals surface area contributed by atoms with E-state index in [9.17, 15) is 22.8 Å². The third kappa shape index (κ3) is 6.09. The van der Waals surface area contributed by atoms with Gasteiger partial charge in [0.2, 0.25) is 0 Å². The monoisotopic (exact) mass is 379 g/mol. The molecule has 0 aliphatic heterocycles. The zero-order valence-electron chi connectivity index (χ0n) is 14.9. The summed E-state index contributed by atoms with van der Waals surface area (Å²) in [5.41, 5.74) is -0.665. The number of anilines is 1. The topological polar surface area (TPSA) is 71.1 Å². The molecule has 0 radical (unpaired) electrons. The number of benzene rings is 1. The van der Waals surface area contributed by atoms with Crippen molar-refractivity contribution in [1.29, 1.82) is 0 Å². The van der Waals surface area contributed by atoms with Crippen molar-refractivity contribution in [2.75, 3.05) is 11.9 Å². The first-order valence-electron chi connectivity index (χ1n) is 8.39. The van der Waals surface area contributed by atoms with E-state index >= 15 is 0 Å². The van der Waals surface area contributed by atoms with Gasteiger partial charge in [0, 0.05) is 24.0 Å². The largest absolute Gasteiger partial charge is 0.416 e. The normalized spacial score (nSPS) is 11.3. The van der Waals surface area contributed by atoms with Gasteiger partial charge in [0.15, 0.2) is 0 Å². The molecule has 0 aliphatic rings. The smallest absolute Gasteiger partial charge is 0.351 e. The third-order valence-electron chi connectivity index (χ3n) is 3.71. The number of nitrogens with zero attached hydrogens (tertiary/aromatic N) is 1. The Morgan fingerprint density at radius 1 is 1.11 bits per heavy atom. The van der Waals surface area contributed by atoms with E-state index in [-0.39, 0.29) is 16.9 Å². The molecule has 5 nitrogen and oxygen atoms in total. The quantitative estimate of drug-likeness (QED) is 0.793. The standard InChI is InChI=1S/C19H20F3N3O2/c1-12(2)6-8-24-18(27)16-10-13(7-9-23-16)17(26)25-15-5-3-4-14(11-15)19(20,21)22/h3-5,7,9-12H,6,8H2,1-2H3,(H,24,27)(H,25,26). The number of halogens is 3. The van der Waals surface area contributed by atoms with E-state index in [1.165, 1.54) is 30.5 Å². The number of alkyl halides is 3. The van der Waals surface area contributed by atoms with Crippen molar-refractivity contribution >= 4 is 17.5 Å². The molecule has 0 atom stereocenters. The van der Waals surface area contributed by atoms with E-state index in [0.717, 1.165) is 18.6 Å². The van der Waals surface area contributed by atoms with Gasteiger partial charge in [-0.2, -0.15) is 13.2 Å². The molecule has 1 aromatic heterocycles. The van der Waals surface area contributed by atoms with Crippen LogP contribution in [0.3, 0.4) is 0 Å². The molecule has 0 aliphatic carbocycles. The Morgan fingerprint density at radius 2 is 1.85 bits per heavy atom. The van der Waals surface area contributed by atoms with Crippen molar-refractivity contribution in [1.82, 2.24) is 10.3 Å². The maximum absolute atomic E-state index is 12.8. The lowest BCUT2D eigenvalue weighted by atomic mass is 10.1. The number of amides is 2. The summed E-state index contributed by atoms with van der Waals surface area (Å²) in [5, 5.41) is 5.11. The molecule has 144 valence electrons. The van der Waals surface area contributed by atoms with Crippen molar-refractivity contribution in [3.63, 3.8) is 0 Å². The summed E-state index contributed by atoms with van der Waals surface area (Å²) in [5.74, 6) is -0.611. The van der Waals surface area contributed by atoms with E-state index < -0.39 is 23.6 Å². The highest BCUT2D eigenvalue weighted by atomic mass is 19.4. The molecule has 27 heavy (non-hydrogen) atoms. The summed E-state index contributed by atoms with van der Waals surface area (Å²) >= 11 is 0. The van der Waals surface area contributed by atoms with Crippen LogP contribution >= 0.6 is 0 Å². The number of nitrogens with one attached hydrogen (secondary N) is 2. The van der Waals surface area contributed by atoms with Gasteiger partial charge >= 0.3 is 6.18 Å². The number of carbonyl (C=O) groups excluding carboxylic acids is 2. The van der Waals surface area contributed by atoms with Gasteiger partial charge in [-0.3, -0.25) is 14.6 Å². The first kappa shape index (κ1) is 20.4. The number of rotatable bonds is 6. The third-order valence-corrected chi connectivity index (χ3v) is 3.71. The molecular weight excluding hydrogens is 359 g/mol. The van der Waals surface area contributed by atoms with Crippen LogP contribution in [0.15, 0.2) is 42.6 Å². The lowest BCUT2D eigenvalue weighted by molar-refractivity contribution is -0.137. The molecule has 2 amide bonds. The van der Waals surface area contributed by atoms with Crippen molar-refractivity contribution in [2.45, 2.75) is 26.4 Å². The average Bonchev–Trinajstić information content (AvgIpc) is 2.61. The predicted octanol–water partition coefficient (Wildman–Crippen LogP) is 4.13. The Morgan fingerprint density at radius 3 is 2.52 bits per heavy atom. The molecule has 0 fully saturated rings. The van der Waals surface area contributed by atoms with Gasteiger partial charge in [-0.05, 0) is 42.7 Å². The van der Waals surface area contributed by atoms with Crippen LogP contribution in [-0.2, 0) is 6.18 Å². The Balaban J connectivity index is 2.08. The molecule has 0 saturated heterocycles. The molecule has 8 heteroatoms. The Bertz CT molecular complexity index is 820. The number of carbonyl (C=O) groups is 2. The van der Waals surface area contributed by atoms with Crippen LogP contribution < -0.4 is 10.6 Å². The van der Waals surface area contributed by atoms with Crippen LogP contribution in [0.1, 0.15) is 46.7 Å². The van der Waals surface area contributed by atoms with Gasteiger partial charge in [-0.25, -0.2) is 0 Å². The number of pyridine rings is 1. The highest BCUT2D eigenvalue weighted by Gasteiger charge is 2.30. The van der Waals surface area contributed by atoms with Gasteiger partial charge in [-0.1, -0.05) is 19.9 Å². The van der Waals surface area contributed by atoms with Crippen LogP contribution in [-0.4, -0.2) is 23.3 Å². The van der Waals surface area contributed by atoms with Crippen LogP contribution in [0.2, 0.25) is 0 Å². The number of aromatic nitrogens is 1. The summed E-state index contributed by atoms with van der Waals surface area (Å²) in [6.45, 7) is 4.55. The van der Waals surface area contributed by atoms with Crippen LogP contribution in [0.5, 0.6) is 0 Å². The second-order valence-corrected chi connectivity index (χ2v) is 6.40. The summed E-state index contributed by atoms with van der Waals surface area (Å²) < 4.78 is 38.3. The average molecular weight is 379 g/mol. The van der Waals surface area contributed by atoms with Crippen molar-refractivity contribution in [3.8, 4) is 0 Å². The first-order chi connectivity index (χ1) is 12.7. The summed E-state index contributed by atoms with van der Waals surface area (Å²) in [7, 11) is 0. The molecule has 0 bridgehead atoms. The highest BCUT2D eigenvalue weighted by Crippen LogP contribution is 2.30. The fraction of sp³-hybridized carbons (Fsp3) is 0.316. The summed E-state index contributed by atoms with van der Waals surface area (Å²) in [6.07, 6.45) is -2.39. The predicted molar refractivity (Wildman–Crippen MR) is 95.4 cm³/mol. The lowest BCUT2D eigenvalue weighted by Crippen LogP contribution is -2.26. The van der Waals surface area contributed by atoms with E-state index in [0.29, 0.717) is 12.5 Å². The van der Waals surface area contributed by atoms with Gasteiger partial charge in [0.1, 0.15) is 5.69 Å². The Hall–Kier alpha value is -2.90. The highest BCUT2D eigenvalue weighted by molar-refractivity contribution is 6.05. The zero-order chi connectivity index (χ0) is 20.0. The summed E-state index contributed by atoms with van der Waals surface area (Å²) in [4.78, 5) is 28.3. The van der Waals surface area contributed by atoms with E-state index in [1.807, 2.05) is 13.8 Å². The molecule has 0 unspecified atom stereocenters. The molecule has 0 saturated carbocycles. The van der Waals surface area contributed by atoms with Crippen LogP contribution in [0.4, 0.5) is 18.9 Å². The second kappa shape index (κ2) is 8.66. The molecule has 1 heterocycles. The summed E-state index contributed by atoms with van der Waals surface area (Å²) in [6, 6.07) is 7.01. The molecule has 0 spiro atoms. The fourth-order valence-electron chi connectivity index (χ4n) is 2.24. The minimum absolute atomic E-state index is 0.00886. The molecule has 1 aromatic carbocycles. The Kier molecular flexibility index (Phi) is 6.55. The minimum Gasteiger partial charge on any atom is -0.351 e. The van der Waals surface area contributed by atoms with Gasteiger partial charge in [0.05, 0.1) is 5.56 Å².